The predicted molar refractivity (Wildman–Crippen MR) is 37.9 cm³/mol. The fraction of sp³-hybridized carbons (Fsp3) is 0.250. The molecule has 0 aromatic carbocycles. The molecule has 0 aromatic rings. The maximum absolute atomic E-state index is 5.24. The second-order valence-corrected chi connectivity index (χ2v) is 2.47. The summed E-state index contributed by atoms with van der Waals surface area (Å²) < 4.78 is 0.579. The van der Waals surface area contributed by atoms with E-state index in [9.17, 15) is 0 Å². The molecule has 0 N–H and O–H groups in total. The Hall–Kier alpha value is -1.00. The van der Waals surface area contributed by atoms with E-state index < -0.39 is 0 Å². The van der Waals surface area contributed by atoms with Crippen molar-refractivity contribution in [1.29, 1.82) is 0 Å². The maximum atomic E-state index is 5.24. The Morgan fingerprint density at radius 2 is 2.33 bits per heavy atom. The van der Waals surface area contributed by atoms with Crippen molar-refractivity contribution < 1.29 is 4.48 Å². The third kappa shape index (κ3) is 1.22. The van der Waals surface area contributed by atoms with Gasteiger partial charge in [-0.2, -0.15) is 4.48 Å². The van der Waals surface area contributed by atoms with Crippen LogP contribution in [0.4, 0.5) is 0 Å². The molecule has 1 heteroatoms. The van der Waals surface area contributed by atoms with Crippen molar-refractivity contribution >= 4 is 0 Å². The summed E-state index contributed by atoms with van der Waals surface area (Å²) in [6.07, 6.45) is 9.20. The van der Waals surface area contributed by atoms with Gasteiger partial charge >= 0.3 is 0 Å². The van der Waals surface area contributed by atoms with E-state index in [4.69, 9.17) is 6.42 Å². The summed E-state index contributed by atoms with van der Waals surface area (Å²) in [5.41, 5.74) is 1.12. The number of hydrogen-bond acceptors (Lipinski definition) is 0. The highest BCUT2D eigenvalue weighted by molar-refractivity contribution is 5.02. The van der Waals surface area contributed by atoms with E-state index in [1.54, 1.807) is 0 Å². The Balaban J connectivity index is 2.47. The monoisotopic (exact) mass is 120 g/mol. The summed E-state index contributed by atoms with van der Waals surface area (Å²) in [7, 11) is 0. The van der Waals surface area contributed by atoms with Crippen molar-refractivity contribution in [3.8, 4) is 12.5 Å². The van der Waals surface area contributed by atoms with E-state index in [1.807, 2.05) is 19.3 Å². The summed E-state index contributed by atoms with van der Waals surface area (Å²) >= 11 is 0. The molecule has 0 aliphatic carbocycles. The van der Waals surface area contributed by atoms with Gasteiger partial charge in [0.2, 0.25) is 0 Å². The van der Waals surface area contributed by atoms with Crippen molar-refractivity contribution in [2.75, 3.05) is 6.54 Å². The highest BCUT2D eigenvalue weighted by Crippen LogP contribution is 2.22. The first kappa shape index (κ1) is 6.12. The summed E-state index contributed by atoms with van der Waals surface area (Å²) in [6.45, 7) is 6.62. The molecule has 9 heavy (non-hydrogen) atoms. The van der Waals surface area contributed by atoms with Crippen molar-refractivity contribution in [1.82, 2.24) is 0 Å². The average molecular weight is 120 g/mol. The van der Waals surface area contributed by atoms with Crippen molar-refractivity contribution in [3.05, 3.63) is 24.6 Å². The average Bonchev–Trinajstić information content (AvgIpc) is 2.48. The van der Waals surface area contributed by atoms with Crippen LogP contribution in [-0.2, 0) is 0 Å². The van der Waals surface area contributed by atoms with E-state index in [0.29, 0.717) is 4.48 Å². The normalized spacial score (nSPS) is 18.7. The standard InChI is InChI=1S/C8H10N/c1-4-9(5-6-9)7-8(2)3/h1,5-6H,2,7H2,3H3/q+1. The first-order chi connectivity index (χ1) is 4.18. The van der Waals surface area contributed by atoms with Crippen LogP contribution in [0.1, 0.15) is 6.92 Å². The molecule has 0 aromatic heterocycles. The van der Waals surface area contributed by atoms with Crippen LogP contribution < -0.4 is 0 Å². The molecule has 0 radical (unpaired) electrons. The molecule has 0 amide bonds. The summed E-state index contributed by atoms with van der Waals surface area (Å²) in [4.78, 5) is 0. The Morgan fingerprint density at radius 3 is 2.44 bits per heavy atom. The molecule has 1 nitrogen and oxygen atoms in total. The number of hydrogen-bond donors (Lipinski definition) is 0. The SMILES string of the molecule is C#C[N+]1(CC(=C)C)C=C1. The highest BCUT2D eigenvalue weighted by atomic mass is 15.4. The van der Waals surface area contributed by atoms with E-state index in [1.165, 1.54) is 0 Å². The molecule has 0 unspecified atom stereocenters. The van der Waals surface area contributed by atoms with Gasteiger partial charge in [-0.1, -0.05) is 13.0 Å². The third-order valence-corrected chi connectivity index (χ3v) is 1.28. The lowest BCUT2D eigenvalue weighted by atomic mass is 10.3. The smallest absolute Gasteiger partial charge is 0.169 e. The fourth-order valence-corrected chi connectivity index (χ4v) is 0.764. The minimum atomic E-state index is 0.579. The van der Waals surface area contributed by atoms with Crippen LogP contribution in [0.3, 0.4) is 0 Å². The Kier molecular flexibility index (Phi) is 1.19. The van der Waals surface area contributed by atoms with Gasteiger partial charge in [-0.05, 0) is 12.5 Å². The summed E-state index contributed by atoms with van der Waals surface area (Å²) in [6, 6.07) is 2.65. The number of terminal acetylenes is 1. The zero-order valence-electron chi connectivity index (χ0n) is 5.59. The Morgan fingerprint density at radius 1 is 1.78 bits per heavy atom. The van der Waals surface area contributed by atoms with E-state index in [2.05, 4.69) is 12.6 Å². The van der Waals surface area contributed by atoms with Gasteiger partial charge in [0.1, 0.15) is 12.6 Å². The zero-order chi connectivity index (χ0) is 6.91. The molecule has 1 aliphatic heterocycles. The summed E-state index contributed by atoms with van der Waals surface area (Å²) in [5.74, 6) is 0. The Labute approximate surface area is 55.9 Å². The molecule has 46 valence electrons. The van der Waals surface area contributed by atoms with Crippen LogP contribution in [-0.4, -0.2) is 11.0 Å². The van der Waals surface area contributed by atoms with Crippen LogP contribution in [0.25, 0.3) is 0 Å². The van der Waals surface area contributed by atoms with Gasteiger partial charge < -0.3 is 0 Å². The van der Waals surface area contributed by atoms with Crippen molar-refractivity contribution in [2.45, 2.75) is 6.92 Å². The lowest BCUT2D eigenvalue weighted by Crippen LogP contribution is -2.19. The first-order valence-corrected chi connectivity index (χ1v) is 2.89. The van der Waals surface area contributed by atoms with Crippen LogP contribution in [0.5, 0.6) is 0 Å². The van der Waals surface area contributed by atoms with Gasteiger partial charge in [0.05, 0.1) is 0 Å². The second-order valence-electron chi connectivity index (χ2n) is 2.47. The molecule has 0 saturated heterocycles. The minimum Gasteiger partial charge on any atom is -0.182 e. The van der Waals surface area contributed by atoms with Crippen LogP contribution in [0.2, 0.25) is 0 Å². The third-order valence-electron chi connectivity index (χ3n) is 1.28. The molecule has 1 aliphatic rings. The first-order valence-electron chi connectivity index (χ1n) is 2.89. The summed E-state index contributed by atoms with van der Waals surface area (Å²) in [5, 5.41) is 0. The van der Waals surface area contributed by atoms with Gasteiger partial charge in [0.15, 0.2) is 12.4 Å². The van der Waals surface area contributed by atoms with Crippen LogP contribution in [0, 0.1) is 12.5 Å². The molecule has 0 atom stereocenters. The van der Waals surface area contributed by atoms with Gasteiger partial charge in [0, 0.05) is 0 Å². The zero-order valence-corrected chi connectivity index (χ0v) is 5.59. The second kappa shape index (κ2) is 1.75. The van der Waals surface area contributed by atoms with E-state index in [-0.39, 0.29) is 0 Å². The van der Waals surface area contributed by atoms with Gasteiger partial charge in [-0.25, -0.2) is 0 Å². The molecular weight excluding hydrogens is 110 g/mol. The predicted octanol–water partition coefficient (Wildman–Crippen LogP) is 1.45. The maximum Gasteiger partial charge on any atom is 0.169 e. The lowest BCUT2D eigenvalue weighted by Gasteiger charge is -2.06. The molecule has 0 saturated carbocycles. The molecule has 1 rings (SSSR count). The van der Waals surface area contributed by atoms with E-state index in [0.717, 1.165) is 12.1 Å². The van der Waals surface area contributed by atoms with Crippen LogP contribution in [0.15, 0.2) is 24.6 Å². The van der Waals surface area contributed by atoms with Gasteiger partial charge in [0.25, 0.3) is 0 Å². The van der Waals surface area contributed by atoms with Gasteiger partial charge in [-0.15, -0.1) is 0 Å². The van der Waals surface area contributed by atoms with Crippen LogP contribution >= 0.6 is 0 Å². The molecular formula is C8H10N+. The highest BCUT2D eigenvalue weighted by Gasteiger charge is 2.32. The lowest BCUT2D eigenvalue weighted by molar-refractivity contribution is -0.684. The number of rotatable bonds is 2. The molecule has 0 fully saturated rings. The number of nitrogens with zero attached hydrogens (tertiary/aromatic N) is 1. The molecule has 0 bridgehead atoms. The van der Waals surface area contributed by atoms with E-state index >= 15 is 0 Å². The number of quaternary nitrogens is 1. The largest absolute Gasteiger partial charge is 0.182 e. The van der Waals surface area contributed by atoms with Crippen molar-refractivity contribution in [2.24, 2.45) is 0 Å². The van der Waals surface area contributed by atoms with Crippen molar-refractivity contribution in [3.63, 3.8) is 0 Å². The molecule has 1 heterocycles. The quantitative estimate of drug-likeness (QED) is 0.294. The topological polar surface area (TPSA) is 0 Å². The minimum absolute atomic E-state index is 0.579. The van der Waals surface area contributed by atoms with Gasteiger partial charge in [-0.3, -0.25) is 0 Å². The Bertz CT molecular complexity index is 199. The fourth-order valence-electron chi connectivity index (χ4n) is 0.764. The molecule has 0 spiro atoms.